The second-order valence-corrected chi connectivity index (χ2v) is 3.16. The van der Waals surface area contributed by atoms with E-state index in [0.29, 0.717) is 11.4 Å². The van der Waals surface area contributed by atoms with Gasteiger partial charge in [0.25, 0.3) is 0 Å². The number of amides is 1. The SMILES string of the molecule is Cc1cnc(=O)[nH]n1.NC(=O)Oc1ccccc1. The van der Waals surface area contributed by atoms with Gasteiger partial charge < -0.3 is 10.5 Å². The topological polar surface area (TPSA) is 111 Å². The summed E-state index contributed by atoms with van der Waals surface area (Å²) in [6.07, 6.45) is 0.630. The third-order valence-corrected chi connectivity index (χ3v) is 1.66. The van der Waals surface area contributed by atoms with Crippen LogP contribution in [0, 0.1) is 6.92 Å². The minimum absolute atomic E-state index is 0.407. The van der Waals surface area contributed by atoms with Gasteiger partial charge in [0.2, 0.25) is 0 Å². The smallest absolute Gasteiger partial charge is 0.409 e. The number of carbonyl (C=O) groups is 1. The van der Waals surface area contributed by atoms with Crippen molar-refractivity contribution in [2.24, 2.45) is 5.73 Å². The lowest BCUT2D eigenvalue weighted by molar-refractivity contribution is 0.211. The number of hydrogen-bond donors (Lipinski definition) is 2. The Morgan fingerprint density at radius 2 is 2.00 bits per heavy atom. The predicted octanol–water partition coefficient (Wildman–Crippen LogP) is 0.617. The highest BCUT2D eigenvalue weighted by Crippen LogP contribution is 2.07. The fourth-order valence-electron chi connectivity index (χ4n) is 0.950. The standard InChI is InChI=1S/C7H7NO2.C4H5N3O/c8-7(9)10-6-4-2-1-3-5-6;1-3-2-5-4(8)7-6-3/h1-5H,(H2,8,9);2H,1H3,(H,5,7,8). The molecule has 0 fully saturated rings. The molecule has 0 aliphatic carbocycles. The molecule has 3 N–H and O–H groups in total. The Balaban J connectivity index is 0.000000184. The zero-order valence-corrected chi connectivity index (χ0v) is 9.66. The average Bonchev–Trinajstić information content (AvgIpc) is 2.34. The molecule has 0 spiro atoms. The average molecular weight is 248 g/mol. The van der Waals surface area contributed by atoms with Crippen LogP contribution in [-0.2, 0) is 0 Å². The number of benzene rings is 1. The Morgan fingerprint density at radius 3 is 2.44 bits per heavy atom. The van der Waals surface area contributed by atoms with Crippen LogP contribution in [0.5, 0.6) is 5.75 Å². The van der Waals surface area contributed by atoms with Gasteiger partial charge in [-0.05, 0) is 19.1 Å². The summed E-state index contributed by atoms with van der Waals surface area (Å²) in [4.78, 5) is 23.8. The molecule has 7 heteroatoms. The van der Waals surface area contributed by atoms with Crippen LogP contribution in [0.1, 0.15) is 5.69 Å². The van der Waals surface area contributed by atoms with E-state index >= 15 is 0 Å². The maximum absolute atomic E-state index is 10.2. The van der Waals surface area contributed by atoms with Crippen LogP contribution in [0.3, 0.4) is 0 Å². The summed E-state index contributed by atoms with van der Waals surface area (Å²) < 4.78 is 4.55. The number of nitrogens with zero attached hydrogens (tertiary/aromatic N) is 2. The van der Waals surface area contributed by atoms with Crippen molar-refractivity contribution in [2.75, 3.05) is 0 Å². The zero-order valence-electron chi connectivity index (χ0n) is 9.66. The van der Waals surface area contributed by atoms with Gasteiger partial charge in [-0.2, -0.15) is 10.1 Å². The molecule has 0 atom stereocenters. The van der Waals surface area contributed by atoms with Gasteiger partial charge in [-0.25, -0.2) is 14.7 Å². The molecular formula is C11H12N4O3. The number of aryl methyl sites for hydroxylation is 1. The summed E-state index contributed by atoms with van der Waals surface area (Å²) in [6.45, 7) is 1.75. The number of nitrogens with one attached hydrogen (secondary N) is 1. The van der Waals surface area contributed by atoms with Crippen LogP contribution in [0.2, 0.25) is 0 Å². The molecule has 0 bridgehead atoms. The first-order chi connectivity index (χ1) is 8.58. The highest BCUT2D eigenvalue weighted by molar-refractivity contribution is 5.67. The highest BCUT2D eigenvalue weighted by atomic mass is 16.5. The highest BCUT2D eigenvalue weighted by Gasteiger charge is 1.93. The van der Waals surface area contributed by atoms with Crippen molar-refractivity contribution in [1.29, 1.82) is 0 Å². The summed E-state index contributed by atoms with van der Waals surface area (Å²) in [5, 5.41) is 5.76. The Morgan fingerprint density at radius 1 is 1.33 bits per heavy atom. The van der Waals surface area contributed by atoms with Gasteiger partial charge >= 0.3 is 11.8 Å². The van der Waals surface area contributed by atoms with Crippen molar-refractivity contribution in [3.63, 3.8) is 0 Å². The van der Waals surface area contributed by atoms with E-state index in [9.17, 15) is 9.59 Å². The molecule has 94 valence electrons. The summed E-state index contributed by atoms with van der Waals surface area (Å²) in [6, 6.07) is 8.67. The van der Waals surface area contributed by atoms with Gasteiger partial charge in [-0.3, -0.25) is 0 Å². The first kappa shape index (κ1) is 13.4. The maximum atomic E-state index is 10.2. The zero-order chi connectivity index (χ0) is 13.4. The van der Waals surface area contributed by atoms with Gasteiger partial charge in [-0.15, -0.1) is 0 Å². The van der Waals surface area contributed by atoms with Gasteiger partial charge in [0.1, 0.15) is 5.75 Å². The second kappa shape index (κ2) is 6.79. The van der Waals surface area contributed by atoms with E-state index in [1.165, 1.54) is 6.20 Å². The molecule has 0 aliphatic rings. The van der Waals surface area contributed by atoms with Crippen LogP contribution < -0.4 is 16.2 Å². The first-order valence-corrected chi connectivity index (χ1v) is 4.98. The lowest BCUT2D eigenvalue weighted by atomic mass is 10.3. The molecule has 2 rings (SSSR count). The molecule has 18 heavy (non-hydrogen) atoms. The molecular weight excluding hydrogens is 236 g/mol. The number of H-pyrrole nitrogens is 1. The van der Waals surface area contributed by atoms with E-state index in [1.807, 2.05) is 6.07 Å². The minimum atomic E-state index is -0.786. The minimum Gasteiger partial charge on any atom is -0.411 e. The first-order valence-electron chi connectivity index (χ1n) is 4.98. The quantitative estimate of drug-likeness (QED) is 0.768. The monoisotopic (exact) mass is 248 g/mol. The van der Waals surface area contributed by atoms with Crippen LogP contribution in [0.4, 0.5) is 4.79 Å². The number of nitrogens with two attached hydrogens (primary N) is 1. The fraction of sp³-hybridized carbons (Fsp3) is 0.0909. The number of carbonyl (C=O) groups excluding carboxylic acids is 1. The third kappa shape index (κ3) is 5.40. The third-order valence-electron chi connectivity index (χ3n) is 1.66. The molecule has 7 nitrogen and oxygen atoms in total. The number of hydrogen-bond acceptors (Lipinski definition) is 5. The lowest BCUT2D eigenvalue weighted by Crippen LogP contribution is -2.15. The number of ether oxygens (including phenoxy) is 1. The normalized spacial score (nSPS) is 8.94. The number of primary amides is 1. The predicted molar refractivity (Wildman–Crippen MR) is 64.0 cm³/mol. The number of rotatable bonds is 1. The summed E-state index contributed by atoms with van der Waals surface area (Å²) in [5.74, 6) is 0.468. The molecule has 1 aromatic heterocycles. The molecule has 1 heterocycles. The van der Waals surface area contributed by atoms with Crippen LogP contribution in [0.15, 0.2) is 41.3 Å². The summed E-state index contributed by atoms with van der Waals surface area (Å²) >= 11 is 0. The van der Waals surface area contributed by atoms with Crippen LogP contribution in [0.25, 0.3) is 0 Å². The number of aromatic nitrogens is 3. The molecule has 0 saturated heterocycles. The second-order valence-electron chi connectivity index (χ2n) is 3.16. The molecule has 1 amide bonds. The fourth-order valence-corrected chi connectivity index (χ4v) is 0.950. The summed E-state index contributed by atoms with van der Waals surface area (Å²) in [7, 11) is 0. The van der Waals surface area contributed by atoms with E-state index in [0.717, 1.165) is 0 Å². The van der Waals surface area contributed by atoms with Crippen molar-refractivity contribution in [1.82, 2.24) is 15.2 Å². The molecule has 0 unspecified atom stereocenters. The van der Waals surface area contributed by atoms with E-state index in [-0.39, 0.29) is 0 Å². The number of para-hydroxylation sites is 1. The van der Waals surface area contributed by atoms with Gasteiger partial charge in [0, 0.05) is 0 Å². The van der Waals surface area contributed by atoms with E-state index in [4.69, 9.17) is 5.73 Å². The largest absolute Gasteiger partial charge is 0.411 e. The molecule has 0 saturated carbocycles. The van der Waals surface area contributed by atoms with Crippen molar-refractivity contribution in [3.8, 4) is 5.75 Å². The Hall–Kier alpha value is -2.70. The van der Waals surface area contributed by atoms with Gasteiger partial charge in [0.15, 0.2) is 0 Å². The van der Waals surface area contributed by atoms with Crippen molar-refractivity contribution in [3.05, 3.63) is 52.7 Å². The Kier molecular flexibility index (Phi) is 5.04. The summed E-state index contributed by atoms with van der Waals surface area (Å²) in [5.41, 5.74) is 5.07. The Labute approximate surface area is 103 Å². The molecule has 1 aromatic carbocycles. The van der Waals surface area contributed by atoms with Gasteiger partial charge in [0.05, 0.1) is 11.9 Å². The van der Waals surface area contributed by atoms with E-state index in [2.05, 4.69) is 19.9 Å². The van der Waals surface area contributed by atoms with Crippen LogP contribution in [-0.4, -0.2) is 21.3 Å². The molecule has 0 radical (unpaired) electrons. The Bertz CT molecular complexity index is 533. The van der Waals surface area contributed by atoms with E-state index in [1.54, 1.807) is 31.2 Å². The van der Waals surface area contributed by atoms with Crippen molar-refractivity contribution >= 4 is 6.09 Å². The lowest BCUT2D eigenvalue weighted by Gasteiger charge is -1.96. The van der Waals surface area contributed by atoms with Crippen molar-refractivity contribution in [2.45, 2.75) is 6.92 Å². The van der Waals surface area contributed by atoms with Gasteiger partial charge in [-0.1, -0.05) is 18.2 Å². The number of aromatic amines is 1. The van der Waals surface area contributed by atoms with Crippen molar-refractivity contribution < 1.29 is 9.53 Å². The molecule has 0 aliphatic heterocycles. The van der Waals surface area contributed by atoms with Crippen LogP contribution >= 0.6 is 0 Å². The molecule has 2 aromatic rings. The maximum Gasteiger partial charge on any atom is 0.409 e. The van der Waals surface area contributed by atoms with E-state index < -0.39 is 11.8 Å².